The molecule has 0 fully saturated rings. The zero-order valence-corrected chi connectivity index (χ0v) is 15.0. The average molecular weight is 356 g/mol. The summed E-state index contributed by atoms with van der Waals surface area (Å²) in [5.74, 6) is 0.0696. The Labute approximate surface area is 158 Å². The summed E-state index contributed by atoms with van der Waals surface area (Å²) in [4.78, 5) is 23.7. The molecule has 0 saturated carbocycles. The molecule has 134 valence electrons. The van der Waals surface area contributed by atoms with E-state index in [9.17, 15) is 4.79 Å². The summed E-state index contributed by atoms with van der Waals surface area (Å²) >= 11 is 0. The number of hydrogen-bond donors (Lipinski definition) is 1. The number of amides is 1. The van der Waals surface area contributed by atoms with E-state index in [1.54, 1.807) is 13.2 Å². The molecule has 0 radical (unpaired) electrons. The third kappa shape index (κ3) is 2.87. The molecule has 1 aromatic heterocycles. The number of benzene rings is 2. The summed E-state index contributed by atoms with van der Waals surface area (Å²) < 4.78 is 0. The molecule has 0 aliphatic carbocycles. The number of hydrogen-bond acceptors (Lipinski definition) is 4. The van der Waals surface area contributed by atoms with E-state index in [1.165, 1.54) is 4.90 Å². The highest BCUT2D eigenvalue weighted by Crippen LogP contribution is 2.39. The van der Waals surface area contributed by atoms with Gasteiger partial charge in [0, 0.05) is 25.4 Å². The van der Waals surface area contributed by atoms with E-state index in [0.29, 0.717) is 6.42 Å². The van der Waals surface area contributed by atoms with Gasteiger partial charge in [-0.3, -0.25) is 14.7 Å². The Balaban J connectivity index is 1.83. The van der Waals surface area contributed by atoms with Crippen LogP contribution in [0, 0.1) is 0 Å². The third-order valence-corrected chi connectivity index (χ3v) is 4.89. The van der Waals surface area contributed by atoms with Crippen molar-refractivity contribution in [1.29, 1.82) is 0 Å². The number of carbonyl (C=O) groups excluding carboxylic acids is 1. The van der Waals surface area contributed by atoms with E-state index >= 15 is 0 Å². The third-order valence-electron chi connectivity index (χ3n) is 4.89. The number of likely N-dealkylation sites (N-methyl/N-ethyl adjacent to an activating group) is 1. The Bertz CT molecular complexity index is 1000. The van der Waals surface area contributed by atoms with Crippen LogP contribution in [0.25, 0.3) is 0 Å². The van der Waals surface area contributed by atoms with Crippen LogP contribution in [0.4, 0.5) is 0 Å². The fraction of sp³-hybridized carbons (Fsp3) is 0.136. The molecule has 1 unspecified atom stereocenters. The van der Waals surface area contributed by atoms with Crippen LogP contribution in [0.2, 0.25) is 0 Å². The fourth-order valence-electron chi connectivity index (χ4n) is 3.48. The van der Waals surface area contributed by atoms with Crippen molar-refractivity contribution in [1.82, 2.24) is 9.88 Å². The van der Waals surface area contributed by atoms with Crippen LogP contribution < -0.4 is 5.73 Å². The molecule has 3 aromatic rings. The van der Waals surface area contributed by atoms with Crippen LogP contribution in [0.1, 0.15) is 22.4 Å². The van der Waals surface area contributed by atoms with Crippen molar-refractivity contribution < 1.29 is 4.79 Å². The Morgan fingerprint density at radius 3 is 2.37 bits per heavy atom. The fourth-order valence-corrected chi connectivity index (χ4v) is 3.48. The second kappa shape index (κ2) is 6.68. The van der Waals surface area contributed by atoms with Gasteiger partial charge in [-0.15, -0.1) is 0 Å². The number of nitrogens with two attached hydrogens (primary N) is 1. The van der Waals surface area contributed by atoms with Crippen molar-refractivity contribution in [2.45, 2.75) is 12.0 Å². The van der Waals surface area contributed by atoms with Crippen LogP contribution in [0.3, 0.4) is 0 Å². The molecule has 2 N–H and O–H groups in total. The number of pyridine rings is 1. The van der Waals surface area contributed by atoms with Crippen molar-refractivity contribution >= 4 is 11.9 Å². The van der Waals surface area contributed by atoms with Gasteiger partial charge in [-0.05, 0) is 28.8 Å². The lowest BCUT2D eigenvalue weighted by molar-refractivity contribution is -0.129. The smallest absolute Gasteiger partial charge is 0.266 e. The molecule has 27 heavy (non-hydrogen) atoms. The lowest BCUT2D eigenvalue weighted by atomic mass is 9.82. The van der Waals surface area contributed by atoms with Crippen molar-refractivity contribution in [2.24, 2.45) is 10.7 Å². The summed E-state index contributed by atoms with van der Waals surface area (Å²) in [6, 6.07) is 23.4. The largest absolute Gasteiger partial charge is 0.369 e. The van der Waals surface area contributed by atoms with Gasteiger partial charge < -0.3 is 5.73 Å². The molecular formula is C22H20N4O. The lowest BCUT2D eigenvalue weighted by Gasteiger charge is -2.26. The van der Waals surface area contributed by atoms with E-state index in [-0.39, 0.29) is 11.9 Å². The van der Waals surface area contributed by atoms with Crippen molar-refractivity contribution in [3.05, 3.63) is 101 Å². The number of carbonyl (C=O) groups is 1. The first-order chi connectivity index (χ1) is 13.1. The quantitative estimate of drug-likeness (QED) is 0.781. The van der Waals surface area contributed by atoms with Gasteiger partial charge >= 0.3 is 0 Å². The van der Waals surface area contributed by atoms with Crippen LogP contribution in [0.15, 0.2) is 84.0 Å². The first-order valence-electron chi connectivity index (χ1n) is 8.79. The SMILES string of the molecule is CN1C(=O)C(c2ccccc2)(c2cccc(Cc3ccccn3)c2)N=C1N. The molecule has 1 amide bonds. The van der Waals surface area contributed by atoms with Crippen LogP contribution >= 0.6 is 0 Å². The van der Waals surface area contributed by atoms with Crippen molar-refractivity contribution in [3.63, 3.8) is 0 Å². The topological polar surface area (TPSA) is 71.6 Å². The maximum Gasteiger partial charge on any atom is 0.266 e. The second-order valence-corrected chi connectivity index (χ2v) is 6.61. The van der Waals surface area contributed by atoms with E-state index in [1.807, 2.05) is 72.8 Å². The molecule has 1 aliphatic heterocycles. The number of aliphatic imine (C=N–C) groups is 1. The minimum Gasteiger partial charge on any atom is -0.369 e. The summed E-state index contributed by atoms with van der Waals surface area (Å²) in [6.45, 7) is 0. The normalized spacial score (nSPS) is 19.2. The van der Waals surface area contributed by atoms with Gasteiger partial charge in [0.25, 0.3) is 5.91 Å². The summed E-state index contributed by atoms with van der Waals surface area (Å²) in [5.41, 5.74) is 8.52. The molecule has 4 rings (SSSR count). The maximum absolute atomic E-state index is 13.2. The Morgan fingerprint density at radius 2 is 1.70 bits per heavy atom. The molecule has 0 spiro atoms. The number of nitrogens with zero attached hydrogens (tertiary/aromatic N) is 3. The predicted molar refractivity (Wildman–Crippen MR) is 105 cm³/mol. The van der Waals surface area contributed by atoms with Gasteiger partial charge in [-0.2, -0.15) is 0 Å². The van der Waals surface area contributed by atoms with Gasteiger partial charge in [-0.25, -0.2) is 4.99 Å². The standard InChI is InChI=1S/C22H20N4O/c1-26-20(27)22(25-21(26)23,17-9-3-2-4-10-17)18-11-7-8-16(14-18)15-19-12-5-6-13-24-19/h2-14H,15H2,1H3,(H2,23,25). The Kier molecular flexibility index (Phi) is 4.20. The molecule has 2 heterocycles. The van der Waals surface area contributed by atoms with Gasteiger partial charge in [0.1, 0.15) is 0 Å². The predicted octanol–water partition coefficient (Wildman–Crippen LogP) is 2.70. The van der Waals surface area contributed by atoms with Gasteiger partial charge in [-0.1, -0.05) is 60.7 Å². The number of rotatable bonds is 4. The minimum absolute atomic E-state index is 0.152. The monoisotopic (exact) mass is 356 g/mol. The molecule has 0 saturated heterocycles. The van der Waals surface area contributed by atoms with E-state index in [4.69, 9.17) is 5.73 Å². The summed E-state index contributed by atoms with van der Waals surface area (Å²) in [5, 5.41) is 0. The lowest BCUT2D eigenvalue weighted by Crippen LogP contribution is -2.41. The molecular weight excluding hydrogens is 336 g/mol. The highest BCUT2D eigenvalue weighted by atomic mass is 16.2. The molecule has 5 nitrogen and oxygen atoms in total. The summed E-state index contributed by atoms with van der Waals surface area (Å²) in [6.07, 6.45) is 2.47. The minimum atomic E-state index is -1.15. The van der Waals surface area contributed by atoms with Crippen LogP contribution in [0.5, 0.6) is 0 Å². The molecule has 1 aliphatic rings. The molecule has 0 bridgehead atoms. The first kappa shape index (κ1) is 17.0. The van der Waals surface area contributed by atoms with Gasteiger partial charge in [0.15, 0.2) is 11.5 Å². The number of aromatic nitrogens is 1. The highest BCUT2D eigenvalue weighted by molar-refractivity contribution is 6.08. The second-order valence-electron chi connectivity index (χ2n) is 6.61. The van der Waals surface area contributed by atoms with E-state index < -0.39 is 5.54 Å². The molecule has 2 aromatic carbocycles. The average Bonchev–Trinajstić information content (AvgIpc) is 2.95. The Morgan fingerprint density at radius 1 is 0.963 bits per heavy atom. The molecule has 5 heteroatoms. The van der Waals surface area contributed by atoms with Crippen LogP contribution in [-0.2, 0) is 16.8 Å². The number of guanidine groups is 1. The van der Waals surface area contributed by atoms with E-state index in [2.05, 4.69) is 9.98 Å². The zero-order chi connectivity index (χ0) is 18.9. The maximum atomic E-state index is 13.2. The first-order valence-corrected chi connectivity index (χ1v) is 8.79. The van der Waals surface area contributed by atoms with E-state index in [0.717, 1.165) is 22.4 Å². The van der Waals surface area contributed by atoms with Crippen LogP contribution in [-0.4, -0.2) is 28.8 Å². The highest BCUT2D eigenvalue weighted by Gasteiger charge is 2.49. The zero-order valence-electron chi connectivity index (χ0n) is 15.0. The van der Waals surface area contributed by atoms with Crippen molar-refractivity contribution in [2.75, 3.05) is 7.05 Å². The summed E-state index contributed by atoms with van der Waals surface area (Å²) in [7, 11) is 1.66. The Hall–Kier alpha value is -3.47. The van der Waals surface area contributed by atoms with Crippen molar-refractivity contribution in [3.8, 4) is 0 Å². The van der Waals surface area contributed by atoms with Gasteiger partial charge in [0.2, 0.25) is 0 Å². The van der Waals surface area contributed by atoms with Gasteiger partial charge in [0.05, 0.1) is 0 Å². The molecule has 1 atom stereocenters.